The molecule has 2 aliphatic rings. The number of fused-ring (bicyclic) bond motifs is 7. The Morgan fingerprint density at radius 3 is 2.13 bits per heavy atom. The van der Waals surface area contributed by atoms with E-state index in [-0.39, 0.29) is 15.4 Å². The molecule has 4 aromatic carbocycles. The molecule has 0 saturated carbocycles. The third-order valence-electron chi connectivity index (χ3n) is 11.6. The number of thioether (sulfide) groups is 1. The Labute approximate surface area is 314 Å². The molecule has 0 amide bonds. The molecule has 0 aliphatic carbocycles. The summed E-state index contributed by atoms with van der Waals surface area (Å²) in [7, 11) is -9.02. The standard InChI is InChI=1S/C39H44N3O6S4/c1-5-28(26-35-40(23-13-25-51(43,44)45)37-31-16-11-9-14-29(31)18-20-33(37)49-35)27-36-42(38-32-17-12-10-15-30(32)19-21-34(38)50-36)24-22-39(42,52(46,47)48)41(6-2,7-3)8-4/h9-12,14-21,26-27H,5-8,13,22-25H2,1-4H3/q+2/p+1. The van der Waals surface area contributed by atoms with Gasteiger partial charge in [-0.05, 0) is 79.6 Å². The minimum Gasteiger partial charge on any atom is -0.276 e. The van der Waals surface area contributed by atoms with Crippen molar-refractivity contribution in [3.63, 3.8) is 0 Å². The van der Waals surface area contributed by atoms with Crippen LogP contribution in [-0.2, 0) is 31.3 Å². The smallest absolute Gasteiger partial charge is 0.276 e. The molecule has 2 unspecified atom stereocenters. The van der Waals surface area contributed by atoms with Crippen LogP contribution >= 0.6 is 23.1 Å². The first-order chi connectivity index (χ1) is 24.8. The first-order valence-corrected chi connectivity index (χ1v) is 22.6. The van der Waals surface area contributed by atoms with Crippen molar-refractivity contribution in [1.29, 1.82) is 0 Å². The Morgan fingerprint density at radius 2 is 1.54 bits per heavy atom. The second-order valence-electron chi connectivity index (χ2n) is 13.7. The second kappa shape index (κ2) is 13.6. The van der Waals surface area contributed by atoms with Gasteiger partial charge in [0.05, 0.1) is 35.7 Å². The van der Waals surface area contributed by atoms with Gasteiger partial charge in [-0.2, -0.15) is 25.9 Å². The fourth-order valence-electron chi connectivity index (χ4n) is 8.99. The van der Waals surface area contributed by atoms with Crippen LogP contribution in [0.25, 0.3) is 37.8 Å². The molecular formula is C39H45N3O6S4+3. The average Bonchev–Trinajstić information content (AvgIpc) is 3.65. The summed E-state index contributed by atoms with van der Waals surface area (Å²) in [5.74, 6) is -0.456. The Bertz CT molecular complexity index is 2500. The number of hydrogen-bond acceptors (Lipinski definition) is 6. The zero-order valence-electron chi connectivity index (χ0n) is 29.9. The van der Waals surface area contributed by atoms with E-state index in [0.717, 1.165) is 58.0 Å². The molecule has 1 N–H and O–H groups in total. The molecule has 7 rings (SSSR count). The van der Waals surface area contributed by atoms with Crippen molar-refractivity contribution in [1.82, 2.24) is 4.48 Å². The summed E-state index contributed by atoms with van der Waals surface area (Å²) in [4.78, 5) is -0.560. The number of aryl methyl sites for hydroxylation is 1. The van der Waals surface area contributed by atoms with E-state index in [1.165, 1.54) is 0 Å². The predicted molar refractivity (Wildman–Crippen MR) is 212 cm³/mol. The predicted octanol–water partition coefficient (Wildman–Crippen LogP) is 8.22. The van der Waals surface area contributed by atoms with Crippen molar-refractivity contribution < 1.29 is 35.0 Å². The Kier molecular flexibility index (Phi) is 9.74. The summed E-state index contributed by atoms with van der Waals surface area (Å²) in [5, 5.41) is 5.87. The van der Waals surface area contributed by atoms with E-state index in [4.69, 9.17) is 0 Å². The van der Waals surface area contributed by atoms with Crippen LogP contribution in [-0.4, -0.2) is 62.8 Å². The number of aromatic nitrogens is 1. The number of rotatable bonds is 12. The maximum absolute atomic E-state index is 14.2. The largest absolute Gasteiger partial charge is 0.378 e. The molecule has 9 nitrogen and oxygen atoms in total. The number of thiazole rings is 1. The third-order valence-corrected chi connectivity index (χ3v) is 16.4. The van der Waals surface area contributed by atoms with Gasteiger partial charge in [-0.1, -0.05) is 71.3 Å². The van der Waals surface area contributed by atoms with Crippen LogP contribution in [0.3, 0.4) is 0 Å². The molecule has 1 radical (unpaired) electrons. The van der Waals surface area contributed by atoms with E-state index >= 15 is 0 Å². The van der Waals surface area contributed by atoms with Gasteiger partial charge >= 0.3 is 15.1 Å². The van der Waals surface area contributed by atoms with Gasteiger partial charge in [0.1, 0.15) is 17.7 Å². The van der Waals surface area contributed by atoms with Crippen LogP contribution in [0.4, 0.5) is 5.69 Å². The molecule has 2 atom stereocenters. The summed E-state index contributed by atoms with van der Waals surface area (Å²) < 4.78 is 78.2. The van der Waals surface area contributed by atoms with Gasteiger partial charge in [-0.15, -0.1) is 0 Å². The maximum atomic E-state index is 14.2. The minimum atomic E-state index is -4.63. The topological polar surface area (TPSA) is 112 Å². The monoisotopic (exact) mass is 779 g/mol. The molecule has 1 aromatic heterocycles. The normalized spacial score (nSPS) is 21.8. The highest BCUT2D eigenvalue weighted by atomic mass is 32.2. The van der Waals surface area contributed by atoms with Gasteiger partial charge in [-0.3, -0.25) is 9.04 Å². The minimum absolute atomic E-state index is 0.0262. The molecule has 52 heavy (non-hydrogen) atoms. The summed E-state index contributed by atoms with van der Waals surface area (Å²) in [5.41, 5.74) is 2.88. The molecule has 273 valence electrons. The van der Waals surface area contributed by atoms with Crippen LogP contribution in [0.15, 0.2) is 94.4 Å². The molecule has 2 aliphatic heterocycles. The van der Waals surface area contributed by atoms with Crippen LogP contribution in [0.1, 0.15) is 52.0 Å². The quantitative estimate of drug-likeness (QED) is 0.0777. The molecule has 1 spiro atoms. The second-order valence-corrected chi connectivity index (χ2v) is 19.0. The highest BCUT2D eigenvalue weighted by Crippen LogP contribution is 2.66. The molecule has 5 aromatic rings. The number of allylic oxidation sites excluding steroid dienone is 2. The molecule has 13 heteroatoms. The van der Waals surface area contributed by atoms with E-state index in [2.05, 4.69) is 60.0 Å². The number of benzene rings is 4. The molecule has 0 bridgehead atoms. The summed E-state index contributed by atoms with van der Waals surface area (Å²) >= 11 is 3.19. The number of nitrogens with zero attached hydrogens (tertiary/aromatic N) is 3. The highest BCUT2D eigenvalue weighted by Gasteiger charge is 2.82. The zero-order valence-corrected chi connectivity index (χ0v) is 33.2. The van der Waals surface area contributed by atoms with Crippen molar-refractivity contribution >= 4 is 86.9 Å². The maximum Gasteiger partial charge on any atom is 0.378 e. The van der Waals surface area contributed by atoms with Crippen LogP contribution in [0, 0.1) is 0 Å². The van der Waals surface area contributed by atoms with Crippen molar-refractivity contribution in [3.8, 4) is 0 Å². The first kappa shape index (κ1) is 37.2. The van der Waals surface area contributed by atoms with Gasteiger partial charge in [0.15, 0.2) is 17.3 Å². The van der Waals surface area contributed by atoms with E-state index in [9.17, 15) is 25.9 Å². The van der Waals surface area contributed by atoms with E-state index in [1.54, 1.807) is 23.1 Å². The van der Waals surface area contributed by atoms with Gasteiger partial charge in [0.25, 0.3) is 15.1 Å². The molecule has 1 saturated heterocycles. The number of quaternary nitrogens is 2. The van der Waals surface area contributed by atoms with Gasteiger partial charge < -0.3 is 0 Å². The van der Waals surface area contributed by atoms with Crippen molar-refractivity contribution in [2.45, 2.75) is 63.4 Å². The van der Waals surface area contributed by atoms with Crippen LogP contribution in [0.2, 0.25) is 0 Å². The fourth-order valence-corrected chi connectivity index (χ4v) is 14.0. The Morgan fingerprint density at radius 1 is 0.904 bits per heavy atom. The zero-order chi connectivity index (χ0) is 37.1. The Hall–Kier alpha value is -3.14. The summed E-state index contributed by atoms with van der Waals surface area (Å²) in [6.07, 6.45) is 5.38. The average molecular weight is 780 g/mol. The molecular weight excluding hydrogens is 735 g/mol. The van der Waals surface area contributed by atoms with Crippen LogP contribution in [0.5, 0.6) is 0 Å². The number of hydrogen-bond donors (Lipinski definition) is 1. The molecule has 3 heterocycles. The van der Waals surface area contributed by atoms with Crippen molar-refractivity contribution in [3.05, 3.63) is 94.5 Å². The van der Waals surface area contributed by atoms with Crippen molar-refractivity contribution in [2.24, 2.45) is 0 Å². The molecule has 1 fully saturated rings. The third kappa shape index (κ3) is 5.58. The van der Waals surface area contributed by atoms with Crippen molar-refractivity contribution in [2.75, 3.05) is 31.9 Å². The highest BCUT2D eigenvalue weighted by molar-refractivity contribution is 8.03. The SMILES string of the molecule is CCC(=Cc1sc2ccc3ccccc3c2[n+]1CCCS([O])(=O)=O)C=C1Sc2ccc3ccccc3c2[N+]12CCC2([N+](CC)(CC)CC)S(=O)(=O)O. The van der Waals surface area contributed by atoms with Gasteiger partial charge in [0, 0.05) is 24.0 Å². The van der Waals surface area contributed by atoms with Crippen LogP contribution < -0.4 is 9.05 Å². The lowest BCUT2D eigenvalue weighted by Crippen LogP contribution is -2.88. The lowest BCUT2D eigenvalue weighted by molar-refractivity contribution is -0.973. The van der Waals surface area contributed by atoms with Gasteiger partial charge in [0.2, 0.25) is 5.52 Å². The lowest BCUT2D eigenvalue weighted by atomic mass is 9.94. The van der Waals surface area contributed by atoms with E-state index in [1.807, 2.05) is 57.2 Å². The fraction of sp³-hybridized carbons (Fsp3) is 0.359. The van der Waals surface area contributed by atoms with E-state index < -0.39 is 31.0 Å². The lowest BCUT2D eigenvalue weighted by Gasteiger charge is -2.62. The summed E-state index contributed by atoms with van der Waals surface area (Å²) in [6, 6.07) is 24.5. The first-order valence-electron chi connectivity index (χ1n) is 17.9. The summed E-state index contributed by atoms with van der Waals surface area (Å²) in [6.45, 7) is 10.6. The van der Waals surface area contributed by atoms with E-state index in [0.29, 0.717) is 45.6 Å². The van der Waals surface area contributed by atoms with Gasteiger partial charge in [-0.25, -0.2) is 0 Å². The Balaban J connectivity index is 1.48.